The zero-order valence-corrected chi connectivity index (χ0v) is 10.5. The topological polar surface area (TPSA) is 29.3 Å². The highest BCUT2D eigenvalue weighted by Crippen LogP contribution is 2.09. The molecular formula is C10H22N2Si. The summed E-state index contributed by atoms with van der Waals surface area (Å²) >= 11 is 0. The Morgan fingerprint density at radius 2 is 1.92 bits per heavy atom. The highest BCUT2D eigenvalue weighted by atomic mass is 28.3. The van der Waals surface area contributed by atoms with Crippen molar-refractivity contribution in [2.45, 2.75) is 33.0 Å². The molecule has 0 saturated heterocycles. The van der Waals surface area contributed by atoms with Crippen LogP contribution in [0, 0.1) is 0 Å². The van der Waals surface area contributed by atoms with Crippen molar-refractivity contribution in [1.82, 2.24) is 4.57 Å². The average Bonchev–Trinajstić information content (AvgIpc) is 2.01. The van der Waals surface area contributed by atoms with E-state index in [1.54, 1.807) is 0 Å². The van der Waals surface area contributed by atoms with Gasteiger partial charge in [0.15, 0.2) is 0 Å². The minimum absolute atomic E-state index is 0.865. The van der Waals surface area contributed by atoms with Crippen molar-refractivity contribution in [3.63, 3.8) is 0 Å². The van der Waals surface area contributed by atoms with Crippen LogP contribution in [0.4, 0.5) is 0 Å². The van der Waals surface area contributed by atoms with E-state index in [0.29, 0.717) is 0 Å². The summed E-state index contributed by atoms with van der Waals surface area (Å²) in [6.45, 7) is 8.94. The zero-order chi connectivity index (χ0) is 10.5. The van der Waals surface area contributed by atoms with Gasteiger partial charge in [-0.1, -0.05) is 38.7 Å². The van der Waals surface area contributed by atoms with E-state index >= 15 is 0 Å². The van der Waals surface area contributed by atoms with Crippen LogP contribution >= 0.6 is 0 Å². The lowest BCUT2D eigenvalue weighted by Crippen LogP contribution is -2.44. The summed E-state index contributed by atoms with van der Waals surface area (Å²) in [6.07, 6.45) is 7.15. The first-order valence-corrected chi connectivity index (χ1v) is 8.20. The second-order valence-corrected chi connectivity index (χ2v) is 9.17. The lowest BCUT2D eigenvalue weighted by Gasteiger charge is -2.32. The maximum atomic E-state index is 5.91. The fourth-order valence-corrected chi connectivity index (χ4v) is 1.65. The lowest BCUT2D eigenvalue weighted by atomic mass is 10.4. The summed E-state index contributed by atoms with van der Waals surface area (Å²) in [7, 11) is 0.790. The molecule has 3 heteroatoms. The molecule has 0 aliphatic carbocycles. The molecule has 0 aliphatic rings. The molecule has 0 aromatic heterocycles. The molecule has 2 nitrogen and oxygen atoms in total. The molecule has 0 fully saturated rings. The summed E-state index contributed by atoms with van der Waals surface area (Å²) in [4.78, 5) is 0. The van der Waals surface area contributed by atoms with Crippen molar-refractivity contribution in [2.75, 3.05) is 7.05 Å². The third kappa shape index (κ3) is 4.78. The van der Waals surface area contributed by atoms with Gasteiger partial charge in [-0.2, -0.15) is 0 Å². The molecule has 0 rings (SSSR count). The van der Waals surface area contributed by atoms with E-state index in [9.17, 15) is 0 Å². The molecule has 2 N–H and O–H groups in total. The van der Waals surface area contributed by atoms with Gasteiger partial charge in [-0.25, -0.2) is 0 Å². The second kappa shape index (κ2) is 5.12. The summed E-state index contributed by atoms with van der Waals surface area (Å²) in [6, 6.07) is 0. The molecule has 0 aromatic rings. The van der Waals surface area contributed by atoms with E-state index < -0.39 is 8.24 Å². The van der Waals surface area contributed by atoms with Gasteiger partial charge in [-0.3, -0.25) is 0 Å². The molecule has 0 radical (unpaired) electrons. The van der Waals surface area contributed by atoms with Crippen LogP contribution in [0.15, 0.2) is 24.0 Å². The quantitative estimate of drug-likeness (QED) is 0.555. The summed E-state index contributed by atoms with van der Waals surface area (Å²) in [5.74, 6) is 0.865. The average molecular weight is 198 g/mol. The Morgan fingerprint density at radius 1 is 1.38 bits per heavy atom. The molecule has 0 aliphatic heterocycles. The predicted octanol–water partition coefficient (Wildman–Crippen LogP) is 2.52. The van der Waals surface area contributed by atoms with Crippen LogP contribution in [0.5, 0.6) is 0 Å². The Bertz CT molecular complexity index is 201. The first-order chi connectivity index (χ1) is 5.89. The van der Waals surface area contributed by atoms with Gasteiger partial charge >= 0.3 is 0 Å². The second-order valence-electron chi connectivity index (χ2n) is 4.16. The smallest absolute Gasteiger partial charge is 0.148 e. The van der Waals surface area contributed by atoms with Crippen molar-refractivity contribution in [1.29, 1.82) is 0 Å². The monoisotopic (exact) mass is 198 g/mol. The first kappa shape index (κ1) is 12.3. The van der Waals surface area contributed by atoms with Gasteiger partial charge < -0.3 is 10.3 Å². The standard InChI is InChI=1S/C10H22N2Si/c1-6-7-8-9-10(11)12(2)13(3,4)5/h7-9H,6,11H2,1-5H3/b8-7-,10-9+. The summed E-state index contributed by atoms with van der Waals surface area (Å²) in [5, 5.41) is 0. The Morgan fingerprint density at radius 3 is 2.31 bits per heavy atom. The van der Waals surface area contributed by atoms with E-state index in [-0.39, 0.29) is 0 Å². The molecule has 0 spiro atoms. The highest BCUT2D eigenvalue weighted by Gasteiger charge is 2.20. The van der Waals surface area contributed by atoms with Crippen LogP contribution in [-0.2, 0) is 0 Å². The Kier molecular flexibility index (Phi) is 4.84. The van der Waals surface area contributed by atoms with Crippen LogP contribution in [0.1, 0.15) is 13.3 Å². The fraction of sp³-hybridized carbons (Fsp3) is 0.600. The van der Waals surface area contributed by atoms with E-state index in [0.717, 1.165) is 12.2 Å². The molecule has 0 aromatic carbocycles. The van der Waals surface area contributed by atoms with E-state index in [4.69, 9.17) is 5.73 Å². The van der Waals surface area contributed by atoms with Crippen LogP contribution in [0.25, 0.3) is 0 Å². The molecule has 0 heterocycles. The van der Waals surface area contributed by atoms with Gasteiger partial charge in [0, 0.05) is 0 Å². The molecule has 0 saturated carbocycles. The highest BCUT2D eigenvalue weighted by molar-refractivity contribution is 6.73. The number of nitrogens with two attached hydrogens (primary N) is 1. The minimum Gasteiger partial charge on any atom is -0.388 e. The third-order valence-corrected chi connectivity index (χ3v) is 4.30. The molecule has 0 atom stereocenters. The molecule has 0 unspecified atom stereocenters. The van der Waals surface area contributed by atoms with Crippen LogP contribution in [-0.4, -0.2) is 19.8 Å². The van der Waals surface area contributed by atoms with Gasteiger partial charge in [-0.05, 0) is 19.5 Å². The van der Waals surface area contributed by atoms with Gasteiger partial charge in [0.2, 0.25) is 0 Å². The fourth-order valence-electron chi connectivity index (χ4n) is 0.802. The van der Waals surface area contributed by atoms with Gasteiger partial charge in [0.1, 0.15) is 8.24 Å². The van der Waals surface area contributed by atoms with Crippen LogP contribution < -0.4 is 5.73 Å². The van der Waals surface area contributed by atoms with E-state index in [1.807, 2.05) is 12.2 Å². The molecule has 0 amide bonds. The number of hydrogen-bond donors (Lipinski definition) is 1. The Hall–Kier alpha value is -0.703. The van der Waals surface area contributed by atoms with E-state index in [2.05, 4.69) is 44.3 Å². The van der Waals surface area contributed by atoms with Crippen molar-refractivity contribution in [3.8, 4) is 0 Å². The van der Waals surface area contributed by atoms with Gasteiger partial charge in [-0.15, -0.1) is 0 Å². The molecule has 76 valence electrons. The van der Waals surface area contributed by atoms with Crippen molar-refractivity contribution in [2.24, 2.45) is 5.73 Å². The molecular weight excluding hydrogens is 176 g/mol. The zero-order valence-electron chi connectivity index (χ0n) is 9.46. The first-order valence-electron chi connectivity index (χ1n) is 4.75. The number of allylic oxidation sites excluding steroid dienone is 3. The Labute approximate surface area is 83.2 Å². The normalized spacial score (nSPS) is 13.8. The molecule has 0 bridgehead atoms. The maximum absolute atomic E-state index is 5.91. The van der Waals surface area contributed by atoms with Crippen molar-refractivity contribution in [3.05, 3.63) is 24.0 Å². The Balaban J connectivity index is 4.33. The minimum atomic E-state index is -1.28. The van der Waals surface area contributed by atoms with Gasteiger partial charge in [0.25, 0.3) is 0 Å². The van der Waals surface area contributed by atoms with Crippen molar-refractivity contribution < 1.29 is 0 Å². The van der Waals surface area contributed by atoms with Gasteiger partial charge in [0.05, 0.1) is 5.82 Å². The number of hydrogen-bond acceptors (Lipinski definition) is 2. The van der Waals surface area contributed by atoms with E-state index in [1.165, 1.54) is 0 Å². The lowest BCUT2D eigenvalue weighted by molar-refractivity contribution is 0.621. The summed E-state index contributed by atoms with van der Waals surface area (Å²) < 4.78 is 2.20. The molecule has 13 heavy (non-hydrogen) atoms. The predicted molar refractivity (Wildman–Crippen MR) is 62.8 cm³/mol. The number of rotatable bonds is 4. The summed E-state index contributed by atoms with van der Waals surface area (Å²) in [5.41, 5.74) is 5.91. The SMILES string of the molecule is CC/C=C\C=C(/N)N(C)[Si](C)(C)C. The van der Waals surface area contributed by atoms with Crippen LogP contribution in [0.2, 0.25) is 19.6 Å². The maximum Gasteiger partial charge on any atom is 0.148 e. The van der Waals surface area contributed by atoms with Crippen LogP contribution in [0.3, 0.4) is 0 Å². The third-order valence-electron chi connectivity index (χ3n) is 2.03. The van der Waals surface area contributed by atoms with Crippen molar-refractivity contribution >= 4 is 8.24 Å². The number of nitrogens with zero attached hydrogens (tertiary/aromatic N) is 1. The largest absolute Gasteiger partial charge is 0.388 e.